The first-order chi connectivity index (χ1) is 12.5. The van der Waals surface area contributed by atoms with Gasteiger partial charge in [-0.2, -0.15) is 0 Å². The van der Waals surface area contributed by atoms with Crippen LogP contribution in [0.3, 0.4) is 0 Å². The molecule has 1 aromatic heterocycles. The van der Waals surface area contributed by atoms with Crippen LogP contribution in [0.15, 0.2) is 28.8 Å². The van der Waals surface area contributed by atoms with E-state index in [2.05, 4.69) is 10.1 Å². The van der Waals surface area contributed by atoms with Gasteiger partial charge in [0.25, 0.3) is 0 Å². The minimum atomic E-state index is 0.0516. The van der Waals surface area contributed by atoms with Gasteiger partial charge >= 0.3 is 0 Å². The van der Waals surface area contributed by atoms with Crippen LogP contribution in [0, 0.1) is 19.3 Å². The third-order valence-electron chi connectivity index (χ3n) is 5.79. The van der Waals surface area contributed by atoms with E-state index in [0.29, 0.717) is 6.42 Å². The highest BCUT2D eigenvalue weighted by molar-refractivity contribution is 5.96. The summed E-state index contributed by atoms with van der Waals surface area (Å²) in [5.74, 6) is 1.92. The second-order valence-electron chi connectivity index (χ2n) is 7.62. The van der Waals surface area contributed by atoms with Crippen LogP contribution in [0.4, 0.5) is 5.69 Å². The van der Waals surface area contributed by atoms with E-state index in [1.165, 1.54) is 5.56 Å². The lowest BCUT2D eigenvalue weighted by molar-refractivity contribution is -0.117. The number of methoxy groups -OCH3 is 1. The van der Waals surface area contributed by atoms with E-state index in [1.54, 1.807) is 7.11 Å². The molecule has 0 unspecified atom stereocenters. The van der Waals surface area contributed by atoms with E-state index in [0.717, 1.165) is 55.5 Å². The molecule has 0 saturated carbocycles. The van der Waals surface area contributed by atoms with Gasteiger partial charge in [-0.3, -0.25) is 9.69 Å². The van der Waals surface area contributed by atoms with Crippen LogP contribution < -0.4 is 9.64 Å². The van der Waals surface area contributed by atoms with Gasteiger partial charge in [-0.1, -0.05) is 5.16 Å². The number of nitrogens with zero attached hydrogens (tertiary/aromatic N) is 3. The van der Waals surface area contributed by atoms with E-state index in [-0.39, 0.29) is 11.3 Å². The molecular formula is C20H25N3O3. The number of rotatable bonds is 4. The summed E-state index contributed by atoms with van der Waals surface area (Å²) in [5, 5.41) is 4.05. The predicted octanol–water partition coefficient (Wildman–Crippen LogP) is 2.93. The number of aromatic nitrogens is 1. The van der Waals surface area contributed by atoms with Gasteiger partial charge in [0.05, 0.1) is 12.8 Å². The zero-order chi connectivity index (χ0) is 18.3. The average Bonchev–Trinajstić information content (AvgIpc) is 3.29. The highest BCUT2D eigenvalue weighted by atomic mass is 16.5. The van der Waals surface area contributed by atoms with Crippen molar-refractivity contribution >= 4 is 11.6 Å². The summed E-state index contributed by atoms with van der Waals surface area (Å²) in [4.78, 5) is 17.0. The lowest BCUT2D eigenvalue weighted by Crippen LogP contribution is -2.31. The Labute approximate surface area is 153 Å². The molecule has 1 atom stereocenters. The first-order valence-electron chi connectivity index (χ1n) is 9.08. The number of hydrogen-bond donors (Lipinski definition) is 0. The maximum Gasteiger partial charge on any atom is 0.227 e. The summed E-state index contributed by atoms with van der Waals surface area (Å²) in [6.45, 7) is 7.53. The molecule has 2 aliphatic heterocycles. The smallest absolute Gasteiger partial charge is 0.227 e. The Balaban J connectivity index is 1.46. The molecule has 3 heterocycles. The van der Waals surface area contributed by atoms with E-state index >= 15 is 0 Å². The molecule has 2 fully saturated rings. The fourth-order valence-electron chi connectivity index (χ4n) is 4.28. The highest BCUT2D eigenvalue weighted by Crippen LogP contribution is 2.42. The quantitative estimate of drug-likeness (QED) is 0.844. The van der Waals surface area contributed by atoms with E-state index in [4.69, 9.17) is 9.26 Å². The topological polar surface area (TPSA) is 58.8 Å². The molecule has 6 nitrogen and oxygen atoms in total. The Bertz CT molecular complexity index is 795. The van der Waals surface area contributed by atoms with Crippen LogP contribution in [0.25, 0.3) is 0 Å². The summed E-state index contributed by atoms with van der Waals surface area (Å²) >= 11 is 0. The standard InChI is InChI=1S/C20H25N3O3/c1-14-18(15(2)26-21-14)11-22-9-8-20(12-22)10-19(24)23(13-20)16-4-6-17(25-3)7-5-16/h4-7H,8-13H2,1-3H3/t20-/m0/s1. The molecule has 2 aliphatic rings. The lowest BCUT2D eigenvalue weighted by atomic mass is 9.86. The summed E-state index contributed by atoms with van der Waals surface area (Å²) < 4.78 is 10.5. The molecule has 26 heavy (non-hydrogen) atoms. The van der Waals surface area contributed by atoms with E-state index in [9.17, 15) is 4.79 Å². The molecule has 1 spiro atoms. The van der Waals surface area contributed by atoms with Gasteiger partial charge in [-0.05, 0) is 51.1 Å². The van der Waals surface area contributed by atoms with E-state index < -0.39 is 0 Å². The Morgan fingerprint density at radius 1 is 1.23 bits per heavy atom. The molecule has 1 amide bonds. The molecule has 0 N–H and O–H groups in total. The number of carbonyl (C=O) groups excluding carboxylic acids is 1. The maximum absolute atomic E-state index is 12.7. The third kappa shape index (κ3) is 2.98. The zero-order valence-corrected chi connectivity index (χ0v) is 15.6. The van der Waals surface area contributed by atoms with Crippen molar-refractivity contribution in [1.29, 1.82) is 0 Å². The molecule has 0 aliphatic carbocycles. The number of hydrogen-bond acceptors (Lipinski definition) is 5. The van der Waals surface area contributed by atoms with Crippen molar-refractivity contribution in [2.24, 2.45) is 5.41 Å². The Hall–Kier alpha value is -2.34. The van der Waals surface area contributed by atoms with Crippen LogP contribution in [0.2, 0.25) is 0 Å². The summed E-state index contributed by atoms with van der Waals surface area (Å²) in [5.41, 5.74) is 3.15. The summed E-state index contributed by atoms with van der Waals surface area (Å²) in [6.07, 6.45) is 1.67. The minimum absolute atomic E-state index is 0.0516. The minimum Gasteiger partial charge on any atom is -0.497 e. The second kappa shape index (κ2) is 6.43. The highest BCUT2D eigenvalue weighted by Gasteiger charge is 2.47. The molecule has 6 heteroatoms. The molecular weight excluding hydrogens is 330 g/mol. The molecule has 2 aromatic rings. The summed E-state index contributed by atoms with van der Waals surface area (Å²) in [7, 11) is 1.65. The molecule has 1 aromatic carbocycles. The molecule has 0 radical (unpaired) electrons. The SMILES string of the molecule is COc1ccc(N2C[C@@]3(CCN(Cc4c(C)noc4C)C3)CC2=O)cc1. The van der Waals surface area contributed by atoms with Crippen LogP contribution in [-0.4, -0.2) is 42.7 Å². The number of carbonyl (C=O) groups is 1. The number of benzene rings is 1. The van der Waals surface area contributed by atoms with Crippen LogP contribution in [-0.2, 0) is 11.3 Å². The summed E-state index contributed by atoms with van der Waals surface area (Å²) in [6, 6.07) is 7.75. The number of aryl methyl sites for hydroxylation is 2. The maximum atomic E-state index is 12.7. The largest absolute Gasteiger partial charge is 0.497 e. The Morgan fingerprint density at radius 2 is 2.00 bits per heavy atom. The van der Waals surface area contributed by atoms with Crippen molar-refractivity contribution in [1.82, 2.24) is 10.1 Å². The molecule has 0 bridgehead atoms. The molecule has 4 rings (SSSR count). The van der Waals surface area contributed by atoms with Gasteiger partial charge in [0.1, 0.15) is 11.5 Å². The first-order valence-corrected chi connectivity index (χ1v) is 9.08. The fraction of sp³-hybridized carbons (Fsp3) is 0.500. The molecule has 138 valence electrons. The zero-order valence-electron chi connectivity index (χ0n) is 15.6. The Kier molecular flexibility index (Phi) is 4.23. The van der Waals surface area contributed by atoms with E-state index in [1.807, 2.05) is 43.0 Å². The van der Waals surface area contributed by atoms with Gasteiger partial charge in [-0.25, -0.2) is 0 Å². The second-order valence-corrected chi connectivity index (χ2v) is 7.62. The number of likely N-dealkylation sites (tertiary alicyclic amines) is 1. The van der Waals surface area contributed by atoms with Crippen LogP contribution >= 0.6 is 0 Å². The van der Waals surface area contributed by atoms with Crippen molar-refractivity contribution in [3.8, 4) is 5.75 Å². The van der Waals surface area contributed by atoms with Crippen LogP contribution in [0.1, 0.15) is 29.9 Å². The normalized spacial score (nSPS) is 23.3. The third-order valence-corrected chi connectivity index (χ3v) is 5.79. The number of anilines is 1. The van der Waals surface area contributed by atoms with Crippen molar-refractivity contribution in [2.75, 3.05) is 31.6 Å². The monoisotopic (exact) mass is 355 g/mol. The predicted molar refractivity (Wildman–Crippen MR) is 98.3 cm³/mol. The number of amides is 1. The molecule has 2 saturated heterocycles. The Morgan fingerprint density at radius 3 is 2.65 bits per heavy atom. The van der Waals surface area contributed by atoms with Crippen LogP contribution in [0.5, 0.6) is 5.75 Å². The van der Waals surface area contributed by atoms with Crippen molar-refractivity contribution in [3.63, 3.8) is 0 Å². The van der Waals surface area contributed by atoms with Gasteiger partial charge < -0.3 is 14.2 Å². The van der Waals surface area contributed by atoms with Crippen molar-refractivity contribution in [2.45, 2.75) is 33.2 Å². The van der Waals surface area contributed by atoms with Crippen molar-refractivity contribution in [3.05, 3.63) is 41.3 Å². The average molecular weight is 355 g/mol. The first kappa shape index (κ1) is 17.1. The van der Waals surface area contributed by atoms with Gasteiger partial charge in [-0.15, -0.1) is 0 Å². The van der Waals surface area contributed by atoms with Gasteiger partial charge in [0.2, 0.25) is 5.91 Å². The number of ether oxygens (including phenoxy) is 1. The van der Waals surface area contributed by atoms with Gasteiger partial charge in [0, 0.05) is 42.7 Å². The van der Waals surface area contributed by atoms with Gasteiger partial charge in [0.15, 0.2) is 0 Å². The fourth-order valence-corrected chi connectivity index (χ4v) is 4.28. The van der Waals surface area contributed by atoms with Crippen molar-refractivity contribution < 1.29 is 14.1 Å². The lowest BCUT2D eigenvalue weighted by Gasteiger charge is -2.24.